The number of nitrogens with one attached hydrogen (secondary N) is 1. The minimum Gasteiger partial charge on any atom is -0.497 e. The number of aromatic nitrogens is 2. The summed E-state index contributed by atoms with van der Waals surface area (Å²) in [6.07, 6.45) is 0. The number of anilines is 1. The van der Waals surface area contributed by atoms with Crippen LogP contribution in [-0.2, 0) is 10.0 Å². The first-order chi connectivity index (χ1) is 11.5. The first-order valence-corrected chi connectivity index (χ1v) is 9.35. The minimum atomic E-state index is -3.67. The summed E-state index contributed by atoms with van der Waals surface area (Å²) >= 11 is 1.17. The van der Waals surface area contributed by atoms with Crippen LogP contribution in [0.4, 0.5) is 5.13 Å². The highest BCUT2D eigenvalue weighted by Gasteiger charge is 2.17. The van der Waals surface area contributed by atoms with E-state index in [1.807, 2.05) is 31.2 Å². The van der Waals surface area contributed by atoms with Crippen LogP contribution in [0.1, 0.15) is 5.56 Å². The molecule has 1 heterocycles. The summed E-state index contributed by atoms with van der Waals surface area (Å²) in [6, 6.07) is 13.9. The van der Waals surface area contributed by atoms with Crippen molar-refractivity contribution in [3.05, 3.63) is 54.1 Å². The van der Waals surface area contributed by atoms with Crippen LogP contribution in [0.5, 0.6) is 5.75 Å². The molecular formula is C16H15N3O3S2. The molecule has 124 valence electrons. The molecule has 3 rings (SSSR count). The fourth-order valence-corrected chi connectivity index (χ4v) is 3.99. The molecule has 0 radical (unpaired) electrons. The Balaban J connectivity index is 1.81. The Morgan fingerprint density at radius 2 is 1.67 bits per heavy atom. The van der Waals surface area contributed by atoms with E-state index in [1.165, 1.54) is 11.3 Å². The number of methoxy groups -OCH3 is 1. The quantitative estimate of drug-likeness (QED) is 0.754. The highest BCUT2D eigenvalue weighted by atomic mass is 32.2. The van der Waals surface area contributed by atoms with Crippen molar-refractivity contribution in [2.24, 2.45) is 0 Å². The molecule has 1 N–H and O–H groups in total. The minimum absolute atomic E-state index is 0.189. The summed E-state index contributed by atoms with van der Waals surface area (Å²) in [5.74, 6) is 0.739. The maximum absolute atomic E-state index is 12.4. The van der Waals surface area contributed by atoms with Crippen LogP contribution < -0.4 is 9.46 Å². The van der Waals surface area contributed by atoms with Crippen molar-refractivity contribution in [1.29, 1.82) is 0 Å². The van der Waals surface area contributed by atoms with Crippen LogP contribution in [0.25, 0.3) is 10.6 Å². The third kappa shape index (κ3) is 3.55. The third-order valence-electron chi connectivity index (χ3n) is 3.31. The van der Waals surface area contributed by atoms with Crippen molar-refractivity contribution in [2.45, 2.75) is 11.8 Å². The van der Waals surface area contributed by atoms with Gasteiger partial charge in [0.05, 0.1) is 12.0 Å². The van der Waals surface area contributed by atoms with Gasteiger partial charge in [-0.2, -0.15) is 0 Å². The number of rotatable bonds is 5. The van der Waals surface area contributed by atoms with E-state index in [-0.39, 0.29) is 10.0 Å². The van der Waals surface area contributed by atoms with Gasteiger partial charge in [0.15, 0.2) is 0 Å². The summed E-state index contributed by atoms with van der Waals surface area (Å²) in [6.45, 7) is 1.90. The number of aryl methyl sites for hydroxylation is 1. The van der Waals surface area contributed by atoms with Crippen LogP contribution in [0.2, 0.25) is 0 Å². The average Bonchev–Trinajstić information content (AvgIpc) is 3.03. The number of sulfonamides is 1. The Hall–Kier alpha value is -2.45. The van der Waals surface area contributed by atoms with Crippen molar-refractivity contribution < 1.29 is 13.2 Å². The van der Waals surface area contributed by atoms with Gasteiger partial charge in [0.1, 0.15) is 10.8 Å². The van der Waals surface area contributed by atoms with Crippen molar-refractivity contribution in [3.8, 4) is 16.3 Å². The van der Waals surface area contributed by atoms with Crippen molar-refractivity contribution in [2.75, 3.05) is 11.8 Å². The summed E-state index contributed by atoms with van der Waals surface area (Å²) in [7, 11) is -2.08. The largest absolute Gasteiger partial charge is 0.497 e. The second-order valence-corrected chi connectivity index (χ2v) is 7.72. The molecule has 0 unspecified atom stereocenters. The lowest BCUT2D eigenvalue weighted by molar-refractivity contribution is 0.415. The smallest absolute Gasteiger partial charge is 0.263 e. The van der Waals surface area contributed by atoms with Gasteiger partial charge in [0.2, 0.25) is 5.13 Å². The summed E-state index contributed by atoms with van der Waals surface area (Å²) in [5, 5.41) is 8.79. The molecule has 0 spiro atoms. The zero-order valence-corrected chi connectivity index (χ0v) is 14.7. The normalized spacial score (nSPS) is 11.2. The Bertz CT molecular complexity index is 933. The maximum atomic E-state index is 12.4. The molecule has 1 aromatic heterocycles. The van der Waals surface area contributed by atoms with Crippen LogP contribution in [0.3, 0.4) is 0 Å². The van der Waals surface area contributed by atoms with E-state index in [2.05, 4.69) is 14.9 Å². The van der Waals surface area contributed by atoms with Gasteiger partial charge in [0, 0.05) is 5.56 Å². The Morgan fingerprint density at radius 3 is 2.29 bits per heavy atom. The molecule has 6 nitrogen and oxygen atoms in total. The van der Waals surface area contributed by atoms with Gasteiger partial charge in [-0.1, -0.05) is 29.0 Å². The molecule has 0 aliphatic heterocycles. The second-order valence-electron chi connectivity index (χ2n) is 5.06. The van der Waals surface area contributed by atoms with Crippen LogP contribution >= 0.6 is 11.3 Å². The van der Waals surface area contributed by atoms with Gasteiger partial charge < -0.3 is 4.74 Å². The van der Waals surface area contributed by atoms with E-state index in [0.717, 1.165) is 16.9 Å². The molecule has 0 fully saturated rings. The lowest BCUT2D eigenvalue weighted by Gasteiger charge is -2.04. The summed E-state index contributed by atoms with van der Waals surface area (Å²) < 4.78 is 32.3. The molecule has 0 saturated carbocycles. The predicted octanol–water partition coefficient (Wildman–Crippen LogP) is 3.32. The van der Waals surface area contributed by atoms with Crippen LogP contribution in [0.15, 0.2) is 53.4 Å². The van der Waals surface area contributed by atoms with Crippen LogP contribution in [0, 0.1) is 6.92 Å². The maximum Gasteiger partial charge on any atom is 0.263 e. The number of nitrogens with zero attached hydrogens (tertiary/aromatic N) is 2. The van der Waals surface area contributed by atoms with E-state index in [1.54, 1.807) is 31.4 Å². The molecular weight excluding hydrogens is 346 g/mol. The zero-order valence-electron chi connectivity index (χ0n) is 13.1. The van der Waals surface area contributed by atoms with E-state index in [0.29, 0.717) is 5.01 Å². The van der Waals surface area contributed by atoms with Crippen LogP contribution in [-0.4, -0.2) is 25.7 Å². The van der Waals surface area contributed by atoms with E-state index < -0.39 is 10.0 Å². The molecule has 0 saturated heterocycles. The summed E-state index contributed by atoms with van der Waals surface area (Å²) in [4.78, 5) is 0.189. The van der Waals surface area contributed by atoms with Gasteiger partial charge in [-0.25, -0.2) is 8.42 Å². The van der Waals surface area contributed by atoms with Crippen molar-refractivity contribution in [1.82, 2.24) is 10.2 Å². The number of hydrogen-bond donors (Lipinski definition) is 1. The third-order valence-corrected chi connectivity index (χ3v) is 5.69. The summed E-state index contributed by atoms with van der Waals surface area (Å²) in [5.41, 5.74) is 1.83. The number of benzene rings is 2. The average molecular weight is 361 g/mol. The van der Waals surface area contributed by atoms with Gasteiger partial charge >= 0.3 is 0 Å². The topological polar surface area (TPSA) is 81.2 Å². The monoisotopic (exact) mass is 361 g/mol. The second kappa shape index (κ2) is 6.58. The molecule has 0 aliphatic carbocycles. The standard InChI is InChI=1S/C16H15N3O3S2/c1-11-3-9-14(10-4-11)24(20,21)19-16-18-17-15(23-16)12-5-7-13(22-2)8-6-12/h3-10H,1-2H3,(H,18,19). The van der Waals surface area contributed by atoms with Gasteiger partial charge in [-0.3, -0.25) is 4.72 Å². The first kappa shape index (κ1) is 16.4. The lowest BCUT2D eigenvalue weighted by atomic mass is 10.2. The van der Waals surface area contributed by atoms with Crippen molar-refractivity contribution in [3.63, 3.8) is 0 Å². The molecule has 24 heavy (non-hydrogen) atoms. The number of ether oxygens (including phenoxy) is 1. The molecule has 0 atom stereocenters. The molecule has 3 aromatic rings. The van der Waals surface area contributed by atoms with Gasteiger partial charge in [-0.05, 0) is 43.3 Å². The van der Waals surface area contributed by atoms with E-state index >= 15 is 0 Å². The predicted molar refractivity (Wildman–Crippen MR) is 93.9 cm³/mol. The zero-order chi connectivity index (χ0) is 17.2. The molecule has 0 aliphatic rings. The Kier molecular flexibility index (Phi) is 4.50. The molecule has 2 aromatic carbocycles. The van der Waals surface area contributed by atoms with Gasteiger partial charge in [-0.15, -0.1) is 10.2 Å². The Labute approximate surface area is 144 Å². The van der Waals surface area contributed by atoms with E-state index in [9.17, 15) is 8.42 Å². The highest BCUT2D eigenvalue weighted by Crippen LogP contribution is 2.29. The molecule has 0 bridgehead atoms. The fraction of sp³-hybridized carbons (Fsp3) is 0.125. The number of hydrogen-bond acceptors (Lipinski definition) is 6. The molecule has 8 heteroatoms. The van der Waals surface area contributed by atoms with E-state index in [4.69, 9.17) is 4.74 Å². The van der Waals surface area contributed by atoms with Crippen molar-refractivity contribution >= 4 is 26.5 Å². The lowest BCUT2D eigenvalue weighted by Crippen LogP contribution is -2.12. The first-order valence-electron chi connectivity index (χ1n) is 7.05. The van der Waals surface area contributed by atoms with Gasteiger partial charge in [0.25, 0.3) is 10.0 Å². The molecule has 0 amide bonds. The SMILES string of the molecule is COc1ccc(-c2nnc(NS(=O)(=O)c3ccc(C)cc3)s2)cc1. The highest BCUT2D eigenvalue weighted by molar-refractivity contribution is 7.93. The fourth-order valence-electron chi connectivity index (χ4n) is 2.01. The Morgan fingerprint density at radius 1 is 1.00 bits per heavy atom.